The van der Waals surface area contributed by atoms with Gasteiger partial charge in [0.15, 0.2) is 0 Å². The van der Waals surface area contributed by atoms with E-state index in [-0.39, 0.29) is 18.1 Å². The van der Waals surface area contributed by atoms with E-state index in [0.29, 0.717) is 19.7 Å². The van der Waals surface area contributed by atoms with E-state index in [4.69, 9.17) is 15.2 Å². The smallest absolute Gasteiger partial charge is 0.254 e. The van der Waals surface area contributed by atoms with E-state index in [1.807, 2.05) is 6.92 Å². The summed E-state index contributed by atoms with van der Waals surface area (Å²) in [6.45, 7) is 7.12. The summed E-state index contributed by atoms with van der Waals surface area (Å²) in [5, 5.41) is 0. The average molecular weight is 230 g/mol. The summed E-state index contributed by atoms with van der Waals surface area (Å²) < 4.78 is 10.7. The van der Waals surface area contributed by atoms with Crippen molar-refractivity contribution in [2.45, 2.75) is 38.5 Å². The van der Waals surface area contributed by atoms with Crippen LogP contribution in [-0.4, -0.2) is 55.4 Å². The Morgan fingerprint density at radius 1 is 1.62 bits per heavy atom. The van der Waals surface area contributed by atoms with E-state index < -0.39 is 5.60 Å². The predicted molar refractivity (Wildman–Crippen MR) is 61.1 cm³/mol. The molecule has 1 heterocycles. The lowest BCUT2D eigenvalue weighted by molar-refractivity contribution is -0.158. The van der Waals surface area contributed by atoms with Crippen molar-refractivity contribution in [1.82, 2.24) is 4.90 Å². The van der Waals surface area contributed by atoms with Crippen molar-refractivity contribution in [3.63, 3.8) is 0 Å². The number of carbonyl (C=O) groups excluding carboxylic acids is 1. The molecule has 5 heteroatoms. The van der Waals surface area contributed by atoms with Gasteiger partial charge in [-0.25, -0.2) is 0 Å². The van der Waals surface area contributed by atoms with Gasteiger partial charge in [-0.3, -0.25) is 4.79 Å². The van der Waals surface area contributed by atoms with Crippen LogP contribution in [0.4, 0.5) is 0 Å². The molecule has 1 aliphatic heterocycles. The SMILES string of the molecule is COC(C)(C)C(=O)N1CCOC(C(C)N)C1. The molecule has 0 saturated carbocycles. The van der Waals surface area contributed by atoms with Crippen molar-refractivity contribution in [2.75, 3.05) is 26.8 Å². The predicted octanol–water partition coefficient (Wildman–Crippen LogP) is -0.0140. The molecule has 0 spiro atoms. The standard InChI is InChI=1S/C11H22N2O3/c1-8(12)9-7-13(5-6-16-9)10(14)11(2,3)15-4/h8-9H,5-7,12H2,1-4H3. The van der Waals surface area contributed by atoms with Crippen molar-refractivity contribution in [3.8, 4) is 0 Å². The highest BCUT2D eigenvalue weighted by atomic mass is 16.5. The van der Waals surface area contributed by atoms with Crippen molar-refractivity contribution >= 4 is 5.91 Å². The highest BCUT2D eigenvalue weighted by Gasteiger charge is 2.35. The minimum atomic E-state index is -0.778. The number of morpholine rings is 1. The molecule has 2 N–H and O–H groups in total. The van der Waals surface area contributed by atoms with E-state index in [1.165, 1.54) is 0 Å². The van der Waals surface area contributed by atoms with Crippen LogP contribution in [0.2, 0.25) is 0 Å². The Morgan fingerprint density at radius 2 is 2.25 bits per heavy atom. The van der Waals surface area contributed by atoms with E-state index in [9.17, 15) is 4.79 Å². The van der Waals surface area contributed by atoms with Crippen LogP contribution in [0.5, 0.6) is 0 Å². The Bertz CT molecular complexity index is 254. The monoisotopic (exact) mass is 230 g/mol. The maximum absolute atomic E-state index is 12.1. The van der Waals surface area contributed by atoms with Crippen LogP contribution >= 0.6 is 0 Å². The summed E-state index contributed by atoms with van der Waals surface area (Å²) in [6, 6.07) is -0.0683. The fraction of sp³-hybridized carbons (Fsp3) is 0.909. The van der Waals surface area contributed by atoms with Gasteiger partial charge in [0.05, 0.1) is 12.7 Å². The fourth-order valence-electron chi connectivity index (χ4n) is 1.65. The molecule has 0 aliphatic carbocycles. The Morgan fingerprint density at radius 3 is 2.75 bits per heavy atom. The van der Waals surface area contributed by atoms with Gasteiger partial charge in [0, 0.05) is 26.2 Å². The third-order valence-electron chi connectivity index (χ3n) is 2.99. The molecule has 1 saturated heterocycles. The molecular weight excluding hydrogens is 208 g/mol. The zero-order valence-electron chi connectivity index (χ0n) is 10.5. The number of hydrogen-bond donors (Lipinski definition) is 1. The summed E-state index contributed by atoms with van der Waals surface area (Å²) in [4.78, 5) is 13.9. The van der Waals surface area contributed by atoms with Crippen LogP contribution in [-0.2, 0) is 14.3 Å². The van der Waals surface area contributed by atoms with Gasteiger partial charge in [-0.1, -0.05) is 0 Å². The molecule has 16 heavy (non-hydrogen) atoms. The molecule has 1 amide bonds. The molecule has 94 valence electrons. The highest BCUT2D eigenvalue weighted by Crippen LogP contribution is 2.16. The lowest BCUT2D eigenvalue weighted by Crippen LogP contribution is -2.56. The van der Waals surface area contributed by atoms with Gasteiger partial charge in [-0.2, -0.15) is 0 Å². The molecule has 0 aromatic rings. The third-order valence-corrected chi connectivity index (χ3v) is 2.99. The van der Waals surface area contributed by atoms with Crippen molar-refractivity contribution in [1.29, 1.82) is 0 Å². The molecular formula is C11H22N2O3. The van der Waals surface area contributed by atoms with E-state index in [1.54, 1.807) is 25.9 Å². The normalized spacial score (nSPS) is 24.3. The van der Waals surface area contributed by atoms with Gasteiger partial charge in [-0.05, 0) is 20.8 Å². The number of nitrogens with zero attached hydrogens (tertiary/aromatic N) is 1. The maximum atomic E-state index is 12.1. The van der Waals surface area contributed by atoms with Crippen LogP contribution in [0.15, 0.2) is 0 Å². The van der Waals surface area contributed by atoms with Gasteiger partial charge in [0.25, 0.3) is 5.91 Å². The second-order valence-electron chi connectivity index (χ2n) is 4.73. The topological polar surface area (TPSA) is 64.8 Å². The zero-order chi connectivity index (χ0) is 12.3. The second-order valence-corrected chi connectivity index (χ2v) is 4.73. The fourth-order valence-corrected chi connectivity index (χ4v) is 1.65. The number of carbonyl (C=O) groups is 1. The molecule has 0 radical (unpaired) electrons. The highest BCUT2D eigenvalue weighted by molar-refractivity contribution is 5.84. The Hall–Kier alpha value is -0.650. The number of rotatable bonds is 3. The van der Waals surface area contributed by atoms with Crippen molar-refractivity contribution in [3.05, 3.63) is 0 Å². The number of hydrogen-bond acceptors (Lipinski definition) is 4. The van der Waals surface area contributed by atoms with Crippen molar-refractivity contribution in [2.24, 2.45) is 5.73 Å². The van der Waals surface area contributed by atoms with Gasteiger partial charge in [0.1, 0.15) is 5.60 Å². The van der Waals surface area contributed by atoms with Crippen molar-refractivity contribution < 1.29 is 14.3 Å². The molecule has 1 fully saturated rings. The van der Waals surface area contributed by atoms with E-state index in [2.05, 4.69) is 0 Å². The molecule has 1 rings (SSSR count). The first-order valence-electron chi connectivity index (χ1n) is 5.60. The maximum Gasteiger partial charge on any atom is 0.254 e. The molecule has 0 aromatic heterocycles. The van der Waals surface area contributed by atoms with E-state index in [0.717, 1.165) is 0 Å². The minimum absolute atomic E-state index is 0.0102. The van der Waals surface area contributed by atoms with Crippen LogP contribution in [0.25, 0.3) is 0 Å². The number of methoxy groups -OCH3 is 1. The first-order chi connectivity index (χ1) is 7.38. The quantitative estimate of drug-likeness (QED) is 0.740. The lowest BCUT2D eigenvalue weighted by Gasteiger charge is -2.38. The van der Waals surface area contributed by atoms with Gasteiger partial charge in [-0.15, -0.1) is 0 Å². The summed E-state index contributed by atoms with van der Waals surface area (Å²) >= 11 is 0. The summed E-state index contributed by atoms with van der Waals surface area (Å²) in [6.07, 6.45) is -0.0784. The molecule has 2 atom stereocenters. The average Bonchev–Trinajstić information content (AvgIpc) is 2.28. The van der Waals surface area contributed by atoms with Crippen LogP contribution < -0.4 is 5.73 Å². The third kappa shape index (κ3) is 2.93. The summed E-state index contributed by atoms with van der Waals surface area (Å²) in [5.74, 6) is -0.0102. The van der Waals surface area contributed by atoms with Crippen LogP contribution in [0.3, 0.4) is 0 Å². The zero-order valence-corrected chi connectivity index (χ0v) is 10.5. The molecule has 5 nitrogen and oxygen atoms in total. The molecule has 0 aromatic carbocycles. The summed E-state index contributed by atoms with van der Waals surface area (Å²) in [7, 11) is 1.54. The van der Waals surface area contributed by atoms with Crippen LogP contribution in [0.1, 0.15) is 20.8 Å². The molecule has 0 bridgehead atoms. The Kier molecular flexibility index (Phi) is 4.29. The van der Waals surface area contributed by atoms with E-state index >= 15 is 0 Å². The second kappa shape index (κ2) is 5.12. The Labute approximate surface area is 96.9 Å². The Balaban J connectivity index is 2.64. The minimum Gasteiger partial charge on any atom is -0.373 e. The first-order valence-corrected chi connectivity index (χ1v) is 5.60. The molecule has 1 aliphatic rings. The summed E-state index contributed by atoms with van der Waals surface area (Å²) in [5.41, 5.74) is 5.00. The number of amides is 1. The first kappa shape index (κ1) is 13.4. The van der Waals surface area contributed by atoms with Crippen LogP contribution in [0, 0.1) is 0 Å². The largest absolute Gasteiger partial charge is 0.373 e. The lowest BCUT2D eigenvalue weighted by atomic mass is 10.1. The number of ether oxygens (including phenoxy) is 2. The van der Waals surface area contributed by atoms with Gasteiger partial charge in [0.2, 0.25) is 0 Å². The van der Waals surface area contributed by atoms with Gasteiger partial charge < -0.3 is 20.1 Å². The molecule has 2 unspecified atom stereocenters. The number of nitrogens with two attached hydrogens (primary N) is 1. The van der Waals surface area contributed by atoms with Gasteiger partial charge >= 0.3 is 0 Å².